The predicted octanol–water partition coefficient (Wildman–Crippen LogP) is 1.75. The van der Waals surface area contributed by atoms with E-state index in [4.69, 9.17) is 5.73 Å². The molecule has 19 heavy (non-hydrogen) atoms. The van der Waals surface area contributed by atoms with Crippen LogP contribution in [0.25, 0.3) is 0 Å². The zero-order chi connectivity index (χ0) is 14.0. The van der Waals surface area contributed by atoms with Gasteiger partial charge in [0, 0.05) is 6.07 Å². The summed E-state index contributed by atoms with van der Waals surface area (Å²) in [6.07, 6.45) is 0. The van der Waals surface area contributed by atoms with Gasteiger partial charge in [0.15, 0.2) is 5.82 Å². The lowest BCUT2D eigenvalue weighted by Gasteiger charge is -1.98. The van der Waals surface area contributed by atoms with Gasteiger partial charge in [-0.25, -0.2) is 8.78 Å². The van der Waals surface area contributed by atoms with Crippen molar-refractivity contribution in [2.24, 2.45) is 10.2 Å². The number of aromatic nitrogens is 2. The number of azo groups is 1. The van der Waals surface area contributed by atoms with Gasteiger partial charge in [0.2, 0.25) is 17.5 Å². The van der Waals surface area contributed by atoms with Gasteiger partial charge in [0.05, 0.1) is 0 Å². The summed E-state index contributed by atoms with van der Waals surface area (Å²) in [5, 5.41) is 16.1. The molecule has 1 aromatic carbocycles. The van der Waals surface area contributed by atoms with Crippen LogP contribution in [0.2, 0.25) is 0 Å². The van der Waals surface area contributed by atoms with Crippen molar-refractivity contribution in [2.75, 3.05) is 5.73 Å². The van der Waals surface area contributed by atoms with Gasteiger partial charge in [0.1, 0.15) is 11.5 Å². The number of nitrogen functional groups attached to an aromatic ring is 1. The summed E-state index contributed by atoms with van der Waals surface area (Å²) in [7, 11) is 0. The van der Waals surface area contributed by atoms with Gasteiger partial charge >= 0.3 is 0 Å². The Morgan fingerprint density at radius 1 is 1.32 bits per heavy atom. The van der Waals surface area contributed by atoms with Crippen LogP contribution in [0.15, 0.2) is 33.2 Å². The molecule has 98 valence electrons. The number of aromatic amines is 1. The van der Waals surface area contributed by atoms with Gasteiger partial charge in [-0.1, -0.05) is 0 Å². The second-order valence-corrected chi connectivity index (χ2v) is 3.42. The van der Waals surface area contributed by atoms with Crippen molar-refractivity contribution in [3.8, 4) is 5.88 Å². The van der Waals surface area contributed by atoms with Crippen LogP contribution in [0.4, 0.5) is 26.1 Å². The Morgan fingerprint density at radius 2 is 2.05 bits per heavy atom. The zero-order valence-corrected chi connectivity index (χ0v) is 9.26. The fraction of sp³-hybridized carbons (Fsp3) is 0. The minimum absolute atomic E-state index is 0.294. The molecule has 0 saturated heterocycles. The van der Waals surface area contributed by atoms with Gasteiger partial charge in [-0.3, -0.25) is 9.78 Å². The first kappa shape index (κ1) is 12.6. The molecular weight excluding hydrogens is 260 g/mol. The van der Waals surface area contributed by atoms with E-state index < -0.39 is 28.8 Å². The number of aromatic hydroxyl groups is 1. The Morgan fingerprint density at radius 3 is 2.68 bits per heavy atom. The molecule has 0 radical (unpaired) electrons. The lowest BCUT2D eigenvalue weighted by Crippen LogP contribution is -2.09. The molecule has 0 aliphatic carbocycles. The molecule has 0 amide bonds. The fourth-order valence-electron chi connectivity index (χ4n) is 1.23. The number of hydrogen-bond donors (Lipinski definition) is 3. The Bertz CT molecular complexity index is 714. The highest BCUT2D eigenvalue weighted by atomic mass is 19.1. The normalized spacial score (nSPS) is 11.1. The average Bonchev–Trinajstić information content (AvgIpc) is 2.30. The third-order valence-electron chi connectivity index (χ3n) is 2.06. The number of H-pyrrole nitrogens is 1. The number of hydrogen-bond acceptors (Lipinski definition) is 6. The monoisotopic (exact) mass is 267 g/mol. The number of nitrogens with one attached hydrogen (secondary N) is 1. The van der Waals surface area contributed by atoms with Crippen molar-refractivity contribution in [1.82, 2.24) is 9.97 Å². The van der Waals surface area contributed by atoms with Crippen LogP contribution in [-0.2, 0) is 0 Å². The highest BCUT2D eigenvalue weighted by Gasteiger charge is 2.09. The lowest BCUT2D eigenvalue weighted by atomic mass is 10.3. The Balaban J connectivity index is 2.41. The van der Waals surface area contributed by atoms with Crippen LogP contribution >= 0.6 is 0 Å². The molecule has 0 aliphatic heterocycles. The molecule has 0 spiro atoms. The summed E-state index contributed by atoms with van der Waals surface area (Å²) in [6, 6.07) is 2.62. The number of anilines is 1. The van der Waals surface area contributed by atoms with Crippen LogP contribution in [0.5, 0.6) is 5.88 Å². The predicted molar refractivity (Wildman–Crippen MR) is 61.5 cm³/mol. The maximum absolute atomic E-state index is 13.2. The second kappa shape index (κ2) is 4.80. The highest BCUT2D eigenvalue weighted by Crippen LogP contribution is 2.24. The molecule has 0 atom stereocenters. The third kappa shape index (κ3) is 2.70. The van der Waals surface area contributed by atoms with Gasteiger partial charge in [0.25, 0.3) is 5.56 Å². The van der Waals surface area contributed by atoms with Gasteiger partial charge in [-0.2, -0.15) is 4.98 Å². The summed E-state index contributed by atoms with van der Waals surface area (Å²) in [5.41, 5.74) is 3.51. The van der Waals surface area contributed by atoms with Crippen molar-refractivity contribution in [3.05, 3.63) is 40.2 Å². The van der Waals surface area contributed by atoms with Crippen LogP contribution in [0, 0.1) is 11.6 Å². The molecule has 0 aliphatic rings. The lowest BCUT2D eigenvalue weighted by molar-refractivity contribution is 0.453. The van der Waals surface area contributed by atoms with Crippen molar-refractivity contribution < 1.29 is 13.9 Å². The molecule has 1 heterocycles. The molecule has 7 nitrogen and oxygen atoms in total. The minimum Gasteiger partial charge on any atom is -0.491 e. The molecule has 2 aromatic rings. The number of halogens is 2. The molecule has 9 heteroatoms. The van der Waals surface area contributed by atoms with Crippen molar-refractivity contribution >= 4 is 17.3 Å². The molecule has 0 saturated carbocycles. The molecule has 1 aromatic heterocycles. The summed E-state index contributed by atoms with van der Waals surface area (Å²) in [5.74, 6) is -2.77. The quantitative estimate of drug-likeness (QED) is 0.718. The fourth-order valence-corrected chi connectivity index (χ4v) is 1.23. The Labute approximate surface area is 104 Å². The Kier molecular flexibility index (Phi) is 3.19. The van der Waals surface area contributed by atoms with E-state index in [0.29, 0.717) is 6.07 Å². The van der Waals surface area contributed by atoms with E-state index in [0.717, 1.165) is 12.1 Å². The average molecular weight is 267 g/mol. The second-order valence-electron chi connectivity index (χ2n) is 3.42. The van der Waals surface area contributed by atoms with Gasteiger partial charge < -0.3 is 10.8 Å². The minimum atomic E-state index is -0.955. The SMILES string of the molecule is Nc1nc(O)c(N=Nc2ccc(F)cc2F)c(=O)[nH]1. The number of nitrogens with two attached hydrogens (primary N) is 1. The molecule has 0 fully saturated rings. The van der Waals surface area contributed by atoms with Gasteiger partial charge in [-0.15, -0.1) is 10.2 Å². The number of nitrogens with zero attached hydrogens (tertiary/aromatic N) is 3. The third-order valence-corrected chi connectivity index (χ3v) is 2.06. The van der Waals surface area contributed by atoms with E-state index in [1.165, 1.54) is 0 Å². The first-order chi connectivity index (χ1) is 8.97. The van der Waals surface area contributed by atoms with E-state index in [9.17, 15) is 18.7 Å². The summed E-state index contributed by atoms with van der Waals surface area (Å²) >= 11 is 0. The van der Waals surface area contributed by atoms with Crippen LogP contribution < -0.4 is 11.3 Å². The van der Waals surface area contributed by atoms with E-state index in [2.05, 4.69) is 20.2 Å². The van der Waals surface area contributed by atoms with Crippen LogP contribution in [-0.4, -0.2) is 15.1 Å². The van der Waals surface area contributed by atoms with Crippen molar-refractivity contribution in [1.29, 1.82) is 0 Å². The van der Waals surface area contributed by atoms with Crippen LogP contribution in [0.3, 0.4) is 0 Å². The summed E-state index contributed by atoms with van der Waals surface area (Å²) in [4.78, 5) is 16.8. The number of benzene rings is 1. The van der Waals surface area contributed by atoms with E-state index in [1.54, 1.807) is 0 Å². The van der Waals surface area contributed by atoms with Crippen LogP contribution in [0.1, 0.15) is 0 Å². The highest BCUT2D eigenvalue weighted by molar-refractivity contribution is 5.47. The summed E-state index contributed by atoms with van der Waals surface area (Å²) < 4.78 is 25.9. The van der Waals surface area contributed by atoms with Gasteiger partial charge in [-0.05, 0) is 12.1 Å². The first-order valence-electron chi connectivity index (χ1n) is 4.93. The van der Waals surface area contributed by atoms with E-state index in [-0.39, 0.29) is 11.6 Å². The summed E-state index contributed by atoms with van der Waals surface area (Å²) in [6.45, 7) is 0. The topological polar surface area (TPSA) is 117 Å². The molecule has 4 N–H and O–H groups in total. The zero-order valence-electron chi connectivity index (χ0n) is 9.26. The van der Waals surface area contributed by atoms with Crippen molar-refractivity contribution in [3.63, 3.8) is 0 Å². The van der Waals surface area contributed by atoms with E-state index in [1.807, 2.05) is 0 Å². The number of rotatable bonds is 2. The molecule has 0 bridgehead atoms. The largest absolute Gasteiger partial charge is 0.491 e. The standard InChI is InChI=1S/C10H7F2N5O2/c11-4-1-2-6(5(12)3-4)16-17-7-8(18)14-10(13)15-9(7)19/h1-3H,(H4,13,14,15,18,19). The van der Waals surface area contributed by atoms with Crippen molar-refractivity contribution in [2.45, 2.75) is 0 Å². The Hall–Kier alpha value is -2.84. The molecule has 2 rings (SSSR count). The van der Waals surface area contributed by atoms with E-state index >= 15 is 0 Å². The molecular formula is C10H7F2N5O2. The maximum Gasteiger partial charge on any atom is 0.284 e. The first-order valence-corrected chi connectivity index (χ1v) is 4.93. The smallest absolute Gasteiger partial charge is 0.284 e. The molecule has 0 unspecified atom stereocenters. The maximum atomic E-state index is 13.2.